The molecule has 0 aliphatic carbocycles. The molecule has 0 bridgehead atoms. The zero-order valence-corrected chi connectivity index (χ0v) is 11.0. The second kappa shape index (κ2) is 6.76. The van der Waals surface area contributed by atoms with Gasteiger partial charge in [-0.05, 0) is 28.8 Å². The molecular formula is C16H13ClO2. The van der Waals surface area contributed by atoms with Gasteiger partial charge in [-0.15, -0.1) is 0 Å². The van der Waals surface area contributed by atoms with Crippen LogP contribution in [0, 0.1) is 0 Å². The lowest BCUT2D eigenvalue weighted by Gasteiger charge is -2.07. The molecule has 0 unspecified atom stereocenters. The van der Waals surface area contributed by atoms with Gasteiger partial charge in [-0.1, -0.05) is 60.7 Å². The normalized spacial score (nSPS) is 11.1. The van der Waals surface area contributed by atoms with E-state index in [9.17, 15) is 4.79 Å². The Kier molecular flexibility index (Phi) is 4.76. The number of rotatable bonds is 5. The molecule has 0 amide bonds. The van der Waals surface area contributed by atoms with Crippen molar-refractivity contribution in [2.45, 2.75) is 6.61 Å². The fourth-order valence-electron chi connectivity index (χ4n) is 1.59. The number of hydrogen-bond donors (Lipinski definition) is 0. The maximum absolute atomic E-state index is 11.3. The van der Waals surface area contributed by atoms with Crippen LogP contribution in [0.25, 0.3) is 6.08 Å². The van der Waals surface area contributed by atoms with Gasteiger partial charge in [-0.2, -0.15) is 0 Å². The molecule has 0 aromatic heterocycles. The van der Waals surface area contributed by atoms with Gasteiger partial charge in [0.15, 0.2) is 5.76 Å². The van der Waals surface area contributed by atoms with E-state index in [-0.39, 0.29) is 5.76 Å². The van der Waals surface area contributed by atoms with Crippen LogP contribution in [0.5, 0.6) is 0 Å². The van der Waals surface area contributed by atoms with Crippen LogP contribution in [0.1, 0.15) is 11.1 Å². The standard InChI is InChI=1S/C16H13ClO2/c17-16(18)15(11-13-7-3-1-4-8-13)19-12-14-9-5-2-6-10-14/h1-11H,12H2. The molecule has 0 aliphatic rings. The number of carbonyl (C=O) groups is 1. The van der Waals surface area contributed by atoms with E-state index in [2.05, 4.69) is 0 Å². The summed E-state index contributed by atoms with van der Waals surface area (Å²) in [7, 11) is 0. The molecule has 2 rings (SSSR count). The van der Waals surface area contributed by atoms with Crippen LogP contribution in [0.3, 0.4) is 0 Å². The zero-order valence-electron chi connectivity index (χ0n) is 10.3. The summed E-state index contributed by atoms with van der Waals surface area (Å²) in [6.45, 7) is 0.317. The minimum Gasteiger partial charge on any atom is -0.484 e. The fraction of sp³-hybridized carbons (Fsp3) is 0.0625. The van der Waals surface area contributed by atoms with E-state index in [1.165, 1.54) is 0 Å². The van der Waals surface area contributed by atoms with E-state index in [1.54, 1.807) is 6.08 Å². The Hall–Kier alpha value is -2.06. The van der Waals surface area contributed by atoms with Crippen molar-refractivity contribution < 1.29 is 9.53 Å². The third-order valence-corrected chi connectivity index (χ3v) is 2.71. The Labute approximate surface area is 117 Å². The van der Waals surface area contributed by atoms with Gasteiger partial charge in [0.05, 0.1) is 0 Å². The first-order valence-electron chi connectivity index (χ1n) is 5.89. The number of allylic oxidation sites excluding steroid dienone is 1. The van der Waals surface area contributed by atoms with Crippen molar-refractivity contribution in [1.82, 2.24) is 0 Å². The van der Waals surface area contributed by atoms with Crippen molar-refractivity contribution in [3.8, 4) is 0 Å². The maximum atomic E-state index is 11.3. The summed E-state index contributed by atoms with van der Waals surface area (Å²) in [5.74, 6) is 0.150. The molecule has 0 saturated carbocycles. The molecule has 3 heteroatoms. The zero-order chi connectivity index (χ0) is 13.5. The van der Waals surface area contributed by atoms with Gasteiger partial charge in [-0.3, -0.25) is 4.79 Å². The van der Waals surface area contributed by atoms with Crippen LogP contribution in [-0.4, -0.2) is 5.24 Å². The topological polar surface area (TPSA) is 26.3 Å². The summed E-state index contributed by atoms with van der Waals surface area (Å²) in [6.07, 6.45) is 1.64. The van der Waals surface area contributed by atoms with Crippen molar-refractivity contribution >= 4 is 22.9 Å². The minimum atomic E-state index is -0.597. The van der Waals surface area contributed by atoms with E-state index >= 15 is 0 Å². The van der Waals surface area contributed by atoms with Crippen LogP contribution in [0.4, 0.5) is 0 Å². The number of carbonyl (C=O) groups excluding carboxylic acids is 1. The second-order valence-corrected chi connectivity index (χ2v) is 4.31. The summed E-state index contributed by atoms with van der Waals surface area (Å²) in [6, 6.07) is 19.1. The number of halogens is 1. The highest BCUT2D eigenvalue weighted by molar-refractivity contribution is 6.67. The molecule has 0 radical (unpaired) electrons. The van der Waals surface area contributed by atoms with Gasteiger partial charge < -0.3 is 4.74 Å². The molecule has 96 valence electrons. The third kappa shape index (κ3) is 4.27. The molecule has 0 heterocycles. The maximum Gasteiger partial charge on any atom is 0.287 e. The smallest absolute Gasteiger partial charge is 0.287 e. The van der Waals surface area contributed by atoms with Gasteiger partial charge >= 0.3 is 0 Å². The van der Waals surface area contributed by atoms with Crippen molar-refractivity contribution in [3.05, 3.63) is 77.5 Å². The third-order valence-electron chi connectivity index (χ3n) is 2.53. The fourth-order valence-corrected chi connectivity index (χ4v) is 1.70. The molecule has 0 N–H and O–H groups in total. The van der Waals surface area contributed by atoms with Crippen molar-refractivity contribution in [2.75, 3.05) is 0 Å². The summed E-state index contributed by atoms with van der Waals surface area (Å²) >= 11 is 5.53. The van der Waals surface area contributed by atoms with Gasteiger partial charge in [0.25, 0.3) is 5.24 Å². The lowest BCUT2D eigenvalue weighted by Crippen LogP contribution is -2.00. The van der Waals surface area contributed by atoms with Crippen LogP contribution < -0.4 is 0 Å². The Morgan fingerprint density at radius 1 is 1.00 bits per heavy atom. The molecule has 19 heavy (non-hydrogen) atoms. The first-order valence-corrected chi connectivity index (χ1v) is 6.27. The van der Waals surface area contributed by atoms with Gasteiger partial charge in [0.1, 0.15) is 6.61 Å². The van der Waals surface area contributed by atoms with E-state index < -0.39 is 5.24 Å². The lowest BCUT2D eigenvalue weighted by molar-refractivity contribution is -0.111. The minimum absolute atomic E-state index is 0.150. The molecule has 0 saturated heterocycles. The highest BCUT2D eigenvalue weighted by Crippen LogP contribution is 2.13. The van der Waals surface area contributed by atoms with E-state index in [0.29, 0.717) is 6.61 Å². The molecule has 0 fully saturated rings. The summed E-state index contributed by atoms with van der Waals surface area (Å²) in [4.78, 5) is 11.3. The van der Waals surface area contributed by atoms with Crippen LogP contribution in [0.2, 0.25) is 0 Å². The Balaban J connectivity index is 2.09. The van der Waals surface area contributed by atoms with Crippen LogP contribution >= 0.6 is 11.6 Å². The van der Waals surface area contributed by atoms with Gasteiger partial charge in [0.2, 0.25) is 0 Å². The van der Waals surface area contributed by atoms with Gasteiger partial charge in [-0.25, -0.2) is 0 Å². The highest BCUT2D eigenvalue weighted by atomic mass is 35.5. The Bertz CT molecular complexity index is 562. The van der Waals surface area contributed by atoms with Crippen molar-refractivity contribution in [2.24, 2.45) is 0 Å². The highest BCUT2D eigenvalue weighted by Gasteiger charge is 2.08. The van der Waals surface area contributed by atoms with Crippen LogP contribution in [-0.2, 0) is 16.1 Å². The predicted molar refractivity (Wildman–Crippen MR) is 76.5 cm³/mol. The first-order chi connectivity index (χ1) is 9.25. The monoisotopic (exact) mass is 272 g/mol. The first kappa shape index (κ1) is 13.4. The molecule has 0 atom stereocenters. The van der Waals surface area contributed by atoms with E-state index in [1.807, 2.05) is 60.7 Å². The quantitative estimate of drug-likeness (QED) is 0.467. The molecule has 2 aromatic carbocycles. The Morgan fingerprint density at radius 2 is 1.58 bits per heavy atom. The number of hydrogen-bond acceptors (Lipinski definition) is 2. The molecular weight excluding hydrogens is 260 g/mol. The summed E-state index contributed by atoms with van der Waals surface area (Å²) < 4.78 is 5.47. The lowest BCUT2D eigenvalue weighted by atomic mass is 10.2. The SMILES string of the molecule is O=C(Cl)C(=Cc1ccccc1)OCc1ccccc1. The average Bonchev–Trinajstić information content (AvgIpc) is 2.45. The van der Waals surface area contributed by atoms with E-state index in [0.717, 1.165) is 11.1 Å². The molecule has 2 nitrogen and oxygen atoms in total. The Morgan fingerprint density at radius 3 is 2.16 bits per heavy atom. The molecule has 2 aromatic rings. The number of benzene rings is 2. The van der Waals surface area contributed by atoms with Gasteiger partial charge in [0, 0.05) is 0 Å². The molecule has 0 spiro atoms. The predicted octanol–water partition coefficient (Wildman–Crippen LogP) is 4.01. The van der Waals surface area contributed by atoms with Crippen molar-refractivity contribution in [3.63, 3.8) is 0 Å². The second-order valence-electron chi connectivity index (χ2n) is 3.97. The summed E-state index contributed by atoms with van der Waals surface area (Å²) in [5.41, 5.74) is 1.86. The van der Waals surface area contributed by atoms with Crippen LogP contribution in [0.15, 0.2) is 66.4 Å². The van der Waals surface area contributed by atoms with E-state index in [4.69, 9.17) is 16.3 Å². The van der Waals surface area contributed by atoms with Crippen molar-refractivity contribution in [1.29, 1.82) is 0 Å². The molecule has 0 aliphatic heterocycles. The largest absolute Gasteiger partial charge is 0.484 e. The average molecular weight is 273 g/mol. The number of ether oxygens (including phenoxy) is 1. The summed E-state index contributed by atoms with van der Waals surface area (Å²) in [5, 5.41) is -0.597.